The van der Waals surface area contributed by atoms with Crippen molar-refractivity contribution < 1.29 is 4.79 Å². The summed E-state index contributed by atoms with van der Waals surface area (Å²) in [4.78, 5) is 28.5. The molecule has 2 aromatic heterocycles. The van der Waals surface area contributed by atoms with E-state index in [-0.39, 0.29) is 5.91 Å². The monoisotopic (exact) mass is 417 g/mol. The first-order valence-corrected chi connectivity index (χ1v) is 10.9. The quantitative estimate of drug-likeness (QED) is 0.649. The lowest BCUT2D eigenvalue weighted by atomic mass is 9.84. The molecule has 4 heterocycles. The highest BCUT2D eigenvalue weighted by Crippen LogP contribution is 2.31. The Labute approximate surface area is 181 Å². The van der Waals surface area contributed by atoms with E-state index in [1.54, 1.807) is 12.4 Å². The lowest BCUT2D eigenvalue weighted by Crippen LogP contribution is -2.54. The Hall–Kier alpha value is -3.29. The van der Waals surface area contributed by atoms with Gasteiger partial charge in [0.2, 0.25) is 5.95 Å². The number of fused-ring (bicyclic) bond motifs is 2. The predicted octanol–water partition coefficient (Wildman–Crippen LogP) is 2.53. The summed E-state index contributed by atoms with van der Waals surface area (Å²) in [6.07, 6.45) is 9.19. The van der Waals surface area contributed by atoms with E-state index in [1.807, 2.05) is 42.4 Å². The van der Waals surface area contributed by atoms with Crippen molar-refractivity contribution in [2.75, 3.05) is 31.1 Å². The topological polar surface area (TPSA) is 80.0 Å². The highest BCUT2D eigenvalue weighted by molar-refractivity contribution is 5.98. The van der Waals surface area contributed by atoms with Gasteiger partial charge in [-0.25, -0.2) is 9.97 Å². The molecule has 0 radical (unpaired) electrons. The van der Waals surface area contributed by atoms with Crippen molar-refractivity contribution in [2.24, 2.45) is 11.8 Å². The Bertz CT molecular complexity index is 1050. The number of aryl methyl sites for hydroxylation is 2. The number of carbonyl (C=O) groups excluding carboxylic acids is 1. The maximum absolute atomic E-state index is 13.5. The molecule has 31 heavy (non-hydrogen) atoms. The highest BCUT2D eigenvalue weighted by atomic mass is 16.2. The standard InChI is InChI=1S/C23H27N7O/c1-3-17-10-24-23(25-11-17)29-14-18-9-19(15-29)13-28(12-18)22(31)20-8-16(2)4-5-21(20)30-26-6-7-27-30/h4-8,10-11,18-19H,3,9,12-15H2,1-2H3. The number of anilines is 1. The summed E-state index contributed by atoms with van der Waals surface area (Å²) in [6.45, 7) is 7.37. The molecule has 0 aliphatic carbocycles. The Morgan fingerprint density at radius 3 is 2.35 bits per heavy atom. The van der Waals surface area contributed by atoms with Gasteiger partial charge in [-0.1, -0.05) is 18.6 Å². The zero-order valence-electron chi connectivity index (χ0n) is 18.0. The summed E-state index contributed by atoms with van der Waals surface area (Å²) in [6, 6.07) is 5.86. The number of likely N-dealkylation sites (tertiary alicyclic amines) is 1. The van der Waals surface area contributed by atoms with Crippen molar-refractivity contribution in [2.45, 2.75) is 26.7 Å². The van der Waals surface area contributed by atoms with Crippen LogP contribution in [-0.4, -0.2) is 61.9 Å². The minimum atomic E-state index is 0.0581. The third-order valence-electron chi connectivity index (χ3n) is 6.27. The highest BCUT2D eigenvalue weighted by Gasteiger charge is 2.37. The molecule has 2 aliphatic rings. The zero-order chi connectivity index (χ0) is 21.4. The smallest absolute Gasteiger partial charge is 0.256 e. The minimum Gasteiger partial charge on any atom is -0.340 e. The number of piperidine rings is 2. The van der Waals surface area contributed by atoms with Crippen LogP contribution in [0.25, 0.3) is 5.69 Å². The molecule has 3 aromatic rings. The van der Waals surface area contributed by atoms with Gasteiger partial charge in [0, 0.05) is 38.6 Å². The van der Waals surface area contributed by atoms with Gasteiger partial charge in [-0.05, 0) is 49.3 Å². The molecular weight excluding hydrogens is 390 g/mol. The van der Waals surface area contributed by atoms with Gasteiger partial charge >= 0.3 is 0 Å². The van der Waals surface area contributed by atoms with Crippen LogP contribution in [0.5, 0.6) is 0 Å². The number of rotatable bonds is 4. The van der Waals surface area contributed by atoms with Crippen LogP contribution >= 0.6 is 0 Å². The number of amides is 1. The fourth-order valence-corrected chi connectivity index (χ4v) is 4.81. The second kappa shape index (κ2) is 8.09. The lowest BCUT2D eigenvalue weighted by molar-refractivity contribution is 0.0563. The molecule has 2 bridgehead atoms. The van der Waals surface area contributed by atoms with Gasteiger partial charge in [0.1, 0.15) is 0 Å². The summed E-state index contributed by atoms with van der Waals surface area (Å²) < 4.78 is 0. The van der Waals surface area contributed by atoms with E-state index in [1.165, 1.54) is 4.80 Å². The van der Waals surface area contributed by atoms with E-state index in [0.29, 0.717) is 17.4 Å². The molecule has 8 heteroatoms. The molecule has 160 valence electrons. The molecule has 2 aliphatic heterocycles. The normalized spacial score (nSPS) is 20.7. The van der Waals surface area contributed by atoms with Gasteiger partial charge in [-0.15, -0.1) is 0 Å². The molecule has 2 saturated heterocycles. The first-order valence-electron chi connectivity index (χ1n) is 10.9. The Morgan fingerprint density at radius 2 is 1.71 bits per heavy atom. The summed E-state index contributed by atoms with van der Waals surface area (Å²) in [7, 11) is 0. The Balaban J connectivity index is 1.34. The van der Waals surface area contributed by atoms with Gasteiger partial charge in [0.25, 0.3) is 5.91 Å². The summed E-state index contributed by atoms with van der Waals surface area (Å²) >= 11 is 0. The van der Waals surface area contributed by atoms with Crippen molar-refractivity contribution in [1.29, 1.82) is 0 Å². The van der Waals surface area contributed by atoms with Gasteiger partial charge < -0.3 is 9.80 Å². The van der Waals surface area contributed by atoms with Crippen LogP contribution in [0.15, 0.2) is 43.0 Å². The van der Waals surface area contributed by atoms with E-state index in [0.717, 1.165) is 61.8 Å². The fourth-order valence-electron chi connectivity index (χ4n) is 4.81. The van der Waals surface area contributed by atoms with Crippen LogP contribution < -0.4 is 4.90 Å². The van der Waals surface area contributed by atoms with Crippen molar-refractivity contribution >= 4 is 11.9 Å². The fraction of sp³-hybridized carbons (Fsp3) is 0.435. The summed E-state index contributed by atoms with van der Waals surface area (Å²) in [5.41, 5.74) is 3.59. The molecule has 1 amide bonds. The summed E-state index contributed by atoms with van der Waals surface area (Å²) in [5.74, 6) is 1.70. The van der Waals surface area contributed by atoms with Gasteiger partial charge in [-0.3, -0.25) is 4.79 Å². The summed E-state index contributed by atoms with van der Waals surface area (Å²) in [5, 5.41) is 8.46. The predicted molar refractivity (Wildman–Crippen MR) is 117 cm³/mol. The van der Waals surface area contributed by atoms with Crippen molar-refractivity contribution in [3.63, 3.8) is 0 Å². The number of hydrogen-bond donors (Lipinski definition) is 0. The van der Waals surface area contributed by atoms with Crippen LogP contribution in [0.1, 0.15) is 34.8 Å². The third kappa shape index (κ3) is 3.89. The van der Waals surface area contributed by atoms with E-state index < -0.39 is 0 Å². The first kappa shape index (κ1) is 19.7. The molecule has 8 nitrogen and oxygen atoms in total. The first-order chi connectivity index (χ1) is 15.1. The minimum absolute atomic E-state index is 0.0581. The number of carbonyl (C=O) groups is 1. The SMILES string of the molecule is CCc1cnc(N2CC3CC(CN(C(=O)c4cc(C)ccc4-n4nccn4)C3)C2)nc1. The maximum Gasteiger partial charge on any atom is 0.256 e. The molecule has 0 spiro atoms. The third-order valence-corrected chi connectivity index (χ3v) is 6.27. The van der Waals surface area contributed by atoms with Gasteiger partial charge in [-0.2, -0.15) is 15.0 Å². The second-order valence-corrected chi connectivity index (χ2v) is 8.67. The number of benzene rings is 1. The van der Waals surface area contributed by atoms with E-state index >= 15 is 0 Å². The van der Waals surface area contributed by atoms with Crippen LogP contribution in [0.4, 0.5) is 5.95 Å². The van der Waals surface area contributed by atoms with E-state index in [9.17, 15) is 4.79 Å². The molecule has 5 rings (SSSR count). The zero-order valence-corrected chi connectivity index (χ0v) is 18.0. The Kier molecular flexibility index (Phi) is 5.13. The van der Waals surface area contributed by atoms with Crippen LogP contribution in [0, 0.1) is 18.8 Å². The molecule has 1 aromatic carbocycles. The largest absolute Gasteiger partial charge is 0.340 e. The van der Waals surface area contributed by atoms with E-state index in [4.69, 9.17) is 0 Å². The molecule has 2 atom stereocenters. The molecular formula is C23H27N7O. The van der Waals surface area contributed by atoms with Crippen LogP contribution in [-0.2, 0) is 6.42 Å². The average molecular weight is 418 g/mol. The van der Waals surface area contributed by atoms with Crippen molar-refractivity contribution in [3.8, 4) is 5.69 Å². The maximum atomic E-state index is 13.5. The molecule has 2 unspecified atom stereocenters. The van der Waals surface area contributed by atoms with Gasteiger partial charge in [0.15, 0.2) is 0 Å². The lowest BCUT2D eigenvalue weighted by Gasteiger charge is -2.45. The average Bonchev–Trinajstić information content (AvgIpc) is 3.32. The number of aromatic nitrogens is 5. The van der Waals surface area contributed by atoms with Crippen molar-refractivity contribution in [1.82, 2.24) is 29.9 Å². The molecule has 2 fully saturated rings. The van der Waals surface area contributed by atoms with Crippen LogP contribution in [0.3, 0.4) is 0 Å². The number of nitrogens with zero attached hydrogens (tertiary/aromatic N) is 7. The van der Waals surface area contributed by atoms with E-state index in [2.05, 4.69) is 32.0 Å². The molecule has 0 N–H and O–H groups in total. The van der Waals surface area contributed by atoms with Gasteiger partial charge in [0.05, 0.1) is 23.6 Å². The molecule has 0 saturated carbocycles. The Morgan fingerprint density at radius 1 is 1.03 bits per heavy atom. The van der Waals surface area contributed by atoms with Crippen LogP contribution in [0.2, 0.25) is 0 Å². The number of hydrogen-bond acceptors (Lipinski definition) is 6. The van der Waals surface area contributed by atoms with Crippen molar-refractivity contribution in [3.05, 3.63) is 59.7 Å². The second-order valence-electron chi connectivity index (χ2n) is 8.67.